The highest BCUT2D eigenvalue weighted by molar-refractivity contribution is 5.92. The maximum atomic E-state index is 11.2. The molecule has 1 heterocycles. The Labute approximate surface area is 94.0 Å². The van der Waals surface area contributed by atoms with Gasteiger partial charge in [-0.1, -0.05) is 0 Å². The number of carbonyl (C=O) groups is 2. The lowest BCUT2D eigenvalue weighted by Gasteiger charge is -2.22. The van der Waals surface area contributed by atoms with Gasteiger partial charge in [0, 0.05) is 17.6 Å². The predicted octanol–water partition coefficient (Wildman–Crippen LogP) is 0.911. The molecular weight excluding hydrogens is 212 g/mol. The Hall–Kier alpha value is -1.36. The molecule has 5 nitrogen and oxygen atoms in total. The average molecular weight is 228 g/mol. The van der Waals surface area contributed by atoms with Gasteiger partial charge in [0.15, 0.2) is 0 Å². The van der Waals surface area contributed by atoms with E-state index < -0.39 is 17.7 Å². The van der Waals surface area contributed by atoms with Crippen LogP contribution in [0.25, 0.3) is 0 Å². The first-order valence-corrected chi connectivity index (χ1v) is 5.20. The summed E-state index contributed by atoms with van der Waals surface area (Å²) in [6, 6.07) is 0. The number of carbonyl (C=O) groups excluding carboxylic acids is 2. The Morgan fingerprint density at radius 1 is 1.50 bits per heavy atom. The van der Waals surface area contributed by atoms with Crippen molar-refractivity contribution in [2.24, 2.45) is 0 Å². The van der Waals surface area contributed by atoms with Gasteiger partial charge in [0.1, 0.15) is 0 Å². The standard InChI is InChI=1S/C11H16O5/c1-4-15-9(12)5-6-11(14)8(3)7(2)10(13)16-11/h14H,4-6H2,1-3H3. The van der Waals surface area contributed by atoms with E-state index in [1.165, 1.54) is 0 Å². The van der Waals surface area contributed by atoms with Gasteiger partial charge in [-0.25, -0.2) is 4.79 Å². The fourth-order valence-corrected chi connectivity index (χ4v) is 1.50. The molecule has 16 heavy (non-hydrogen) atoms. The second-order valence-electron chi connectivity index (χ2n) is 3.73. The van der Waals surface area contributed by atoms with Crippen molar-refractivity contribution in [3.8, 4) is 0 Å². The van der Waals surface area contributed by atoms with Crippen LogP contribution in [0, 0.1) is 0 Å². The zero-order valence-electron chi connectivity index (χ0n) is 9.70. The molecule has 0 aliphatic carbocycles. The summed E-state index contributed by atoms with van der Waals surface area (Å²) in [7, 11) is 0. The molecule has 90 valence electrons. The highest BCUT2D eigenvalue weighted by Gasteiger charge is 2.42. The maximum Gasteiger partial charge on any atom is 0.336 e. The van der Waals surface area contributed by atoms with Crippen LogP contribution in [0.2, 0.25) is 0 Å². The topological polar surface area (TPSA) is 72.8 Å². The lowest BCUT2D eigenvalue weighted by molar-refractivity contribution is -0.186. The van der Waals surface area contributed by atoms with Crippen LogP contribution in [0.1, 0.15) is 33.6 Å². The smallest absolute Gasteiger partial charge is 0.336 e. The zero-order chi connectivity index (χ0) is 12.3. The van der Waals surface area contributed by atoms with Crippen LogP contribution in [0.4, 0.5) is 0 Å². The highest BCUT2D eigenvalue weighted by Crippen LogP contribution is 2.33. The molecule has 1 aliphatic rings. The van der Waals surface area contributed by atoms with E-state index in [0.717, 1.165) is 0 Å². The van der Waals surface area contributed by atoms with E-state index in [9.17, 15) is 14.7 Å². The third-order valence-corrected chi connectivity index (χ3v) is 2.69. The van der Waals surface area contributed by atoms with E-state index in [1.807, 2.05) is 0 Å². The Balaban J connectivity index is 2.61. The van der Waals surface area contributed by atoms with E-state index in [-0.39, 0.29) is 12.8 Å². The first-order valence-electron chi connectivity index (χ1n) is 5.20. The quantitative estimate of drug-likeness (QED) is 0.724. The molecular formula is C11H16O5. The van der Waals surface area contributed by atoms with Crippen LogP contribution < -0.4 is 0 Å². The molecule has 1 unspecified atom stereocenters. The summed E-state index contributed by atoms with van der Waals surface area (Å²) < 4.78 is 9.57. The van der Waals surface area contributed by atoms with Crippen molar-refractivity contribution in [2.45, 2.75) is 39.4 Å². The van der Waals surface area contributed by atoms with E-state index >= 15 is 0 Å². The molecule has 0 aromatic heterocycles. The van der Waals surface area contributed by atoms with Crippen molar-refractivity contribution in [3.63, 3.8) is 0 Å². The van der Waals surface area contributed by atoms with Crippen molar-refractivity contribution in [3.05, 3.63) is 11.1 Å². The average Bonchev–Trinajstić information content (AvgIpc) is 2.42. The van der Waals surface area contributed by atoms with Crippen molar-refractivity contribution >= 4 is 11.9 Å². The Morgan fingerprint density at radius 3 is 2.56 bits per heavy atom. The summed E-state index contributed by atoms with van der Waals surface area (Å²) in [6.07, 6.45) is 0.0446. The molecule has 0 bridgehead atoms. The number of rotatable bonds is 4. The number of ether oxygens (including phenoxy) is 2. The normalized spacial score (nSPS) is 24.6. The van der Waals surface area contributed by atoms with E-state index in [0.29, 0.717) is 17.8 Å². The van der Waals surface area contributed by atoms with Gasteiger partial charge in [0.25, 0.3) is 0 Å². The molecule has 5 heteroatoms. The van der Waals surface area contributed by atoms with Gasteiger partial charge in [0.05, 0.1) is 13.0 Å². The molecule has 1 aliphatic heterocycles. The number of cyclic esters (lactones) is 1. The lowest BCUT2D eigenvalue weighted by atomic mass is 10.0. The van der Waals surface area contributed by atoms with Gasteiger partial charge in [-0.2, -0.15) is 0 Å². The van der Waals surface area contributed by atoms with Crippen LogP contribution in [0.5, 0.6) is 0 Å². The number of aliphatic hydroxyl groups is 1. The van der Waals surface area contributed by atoms with Crippen LogP contribution >= 0.6 is 0 Å². The number of esters is 2. The van der Waals surface area contributed by atoms with E-state index in [4.69, 9.17) is 9.47 Å². The van der Waals surface area contributed by atoms with Crippen molar-refractivity contribution in [1.82, 2.24) is 0 Å². The summed E-state index contributed by atoms with van der Waals surface area (Å²) in [5.74, 6) is -2.60. The van der Waals surface area contributed by atoms with Crippen LogP contribution in [-0.2, 0) is 19.1 Å². The van der Waals surface area contributed by atoms with Crippen LogP contribution in [0.15, 0.2) is 11.1 Å². The zero-order valence-corrected chi connectivity index (χ0v) is 9.70. The lowest BCUT2D eigenvalue weighted by Crippen LogP contribution is -2.31. The van der Waals surface area contributed by atoms with Crippen molar-refractivity contribution in [2.75, 3.05) is 6.61 Å². The minimum absolute atomic E-state index is 0.0161. The van der Waals surface area contributed by atoms with Gasteiger partial charge in [0.2, 0.25) is 5.79 Å². The summed E-state index contributed by atoms with van der Waals surface area (Å²) >= 11 is 0. The van der Waals surface area contributed by atoms with Crippen LogP contribution in [0.3, 0.4) is 0 Å². The predicted molar refractivity (Wildman–Crippen MR) is 55.3 cm³/mol. The summed E-state index contributed by atoms with van der Waals surface area (Å²) in [5, 5.41) is 10.0. The SMILES string of the molecule is CCOC(=O)CCC1(O)OC(=O)C(C)=C1C. The Morgan fingerprint density at radius 2 is 2.12 bits per heavy atom. The Kier molecular flexibility index (Phi) is 3.70. The van der Waals surface area contributed by atoms with E-state index in [1.54, 1.807) is 20.8 Å². The molecule has 1 N–H and O–H groups in total. The molecule has 0 aromatic carbocycles. The summed E-state index contributed by atoms with van der Waals surface area (Å²) in [5.41, 5.74) is 0.855. The van der Waals surface area contributed by atoms with Gasteiger partial charge < -0.3 is 14.6 Å². The fraction of sp³-hybridized carbons (Fsp3) is 0.636. The van der Waals surface area contributed by atoms with Crippen molar-refractivity contribution < 1.29 is 24.2 Å². The molecule has 0 saturated heterocycles. The number of hydrogen-bond acceptors (Lipinski definition) is 5. The fourth-order valence-electron chi connectivity index (χ4n) is 1.50. The number of hydrogen-bond donors (Lipinski definition) is 1. The summed E-state index contributed by atoms with van der Waals surface area (Å²) in [6.45, 7) is 5.20. The first kappa shape index (κ1) is 12.7. The monoisotopic (exact) mass is 228 g/mol. The molecule has 0 fully saturated rings. The molecule has 0 aromatic rings. The van der Waals surface area contributed by atoms with Gasteiger partial charge in [-0.15, -0.1) is 0 Å². The molecule has 1 rings (SSSR count). The molecule has 0 radical (unpaired) electrons. The molecule has 1 atom stereocenters. The van der Waals surface area contributed by atoms with Crippen molar-refractivity contribution in [1.29, 1.82) is 0 Å². The van der Waals surface area contributed by atoms with Gasteiger partial charge in [-0.05, 0) is 20.8 Å². The van der Waals surface area contributed by atoms with Crippen LogP contribution in [-0.4, -0.2) is 29.4 Å². The summed E-state index contributed by atoms with van der Waals surface area (Å²) in [4.78, 5) is 22.3. The first-order chi connectivity index (χ1) is 7.40. The highest BCUT2D eigenvalue weighted by atomic mass is 16.7. The van der Waals surface area contributed by atoms with E-state index in [2.05, 4.69) is 0 Å². The Bertz CT molecular complexity index is 344. The second-order valence-corrected chi connectivity index (χ2v) is 3.73. The third-order valence-electron chi connectivity index (χ3n) is 2.69. The van der Waals surface area contributed by atoms with Gasteiger partial charge in [-0.3, -0.25) is 4.79 Å². The minimum Gasteiger partial charge on any atom is -0.466 e. The minimum atomic E-state index is -1.64. The van der Waals surface area contributed by atoms with Gasteiger partial charge >= 0.3 is 11.9 Å². The molecule has 0 saturated carbocycles. The largest absolute Gasteiger partial charge is 0.466 e. The maximum absolute atomic E-state index is 11.2. The molecule has 0 amide bonds. The molecule has 0 spiro atoms. The second kappa shape index (κ2) is 4.65. The third kappa shape index (κ3) is 2.41.